The molecule has 0 heterocycles. The molecule has 0 bridgehead atoms. The highest BCUT2D eigenvalue weighted by Gasteiger charge is 2.12. The summed E-state index contributed by atoms with van der Waals surface area (Å²) in [5.41, 5.74) is 8.28. The van der Waals surface area contributed by atoms with Gasteiger partial charge in [0.15, 0.2) is 0 Å². The van der Waals surface area contributed by atoms with Crippen LogP contribution in [0, 0.1) is 5.41 Å². The smallest absolute Gasteiger partial charge is 0.0362 e. The highest BCUT2D eigenvalue weighted by Crippen LogP contribution is 2.20. The van der Waals surface area contributed by atoms with Crippen molar-refractivity contribution in [1.82, 2.24) is 0 Å². The van der Waals surface area contributed by atoms with Gasteiger partial charge in [0.1, 0.15) is 0 Å². The molecule has 0 spiro atoms. The zero-order valence-electron chi connectivity index (χ0n) is 6.41. The van der Waals surface area contributed by atoms with Crippen LogP contribution in [0.4, 0.5) is 0 Å². The van der Waals surface area contributed by atoms with Crippen molar-refractivity contribution in [3.63, 3.8) is 0 Å². The van der Waals surface area contributed by atoms with Crippen molar-refractivity contribution in [1.29, 1.82) is 5.41 Å². The van der Waals surface area contributed by atoms with Crippen LogP contribution in [0.5, 0.6) is 0 Å². The van der Waals surface area contributed by atoms with Crippen LogP contribution in [0.25, 0.3) is 0 Å². The molecule has 0 saturated heterocycles. The third kappa shape index (κ3) is 1.38. The molecule has 0 unspecified atom stereocenters. The second-order valence-corrected chi connectivity index (χ2v) is 2.85. The van der Waals surface area contributed by atoms with Gasteiger partial charge in [-0.25, -0.2) is 0 Å². The van der Waals surface area contributed by atoms with Crippen molar-refractivity contribution < 1.29 is 0 Å². The van der Waals surface area contributed by atoms with Crippen molar-refractivity contribution >= 4 is 5.71 Å². The topological polar surface area (TPSA) is 49.9 Å². The van der Waals surface area contributed by atoms with E-state index in [1.807, 2.05) is 6.92 Å². The molecule has 0 atom stereocenters. The lowest BCUT2D eigenvalue weighted by molar-refractivity contribution is 0.724. The zero-order valence-corrected chi connectivity index (χ0v) is 6.41. The first-order chi connectivity index (χ1) is 4.72. The third-order valence-electron chi connectivity index (χ3n) is 1.94. The van der Waals surface area contributed by atoms with Gasteiger partial charge >= 0.3 is 0 Å². The third-order valence-corrected chi connectivity index (χ3v) is 1.94. The molecule has 2 heteroatoms. The number of nitrogens with two attached hydrogens (primary N) is 1. The molecular weight excluding hydrogens is 124 g/mol. The Morgan fingerprint density at radius 3 is 2.40 bits per heavy atom. The van der Waals surface area contributed by atoms with Gasteiger partial charge in [-0.15, -0.1) is 0 Å². The van der Waals surface area contributed by atoms with Gasteiger partial charge in [-0.3, -0.25) is 0 Å². The number of hydrogen-bond donors (Lipinski definition) is 2. The van der Waals surface area contributed by atoms with Crippen LogP contribution in [0.15, 0.2) is 11.3 Å². The molecule has 0 aliphatic heterocycles. The Labute approximate surface area is 61.6 Å². The summed E-state index contributed by atoms with van der Waals surface area (Å²) in [5, 5.41) is 7.54. The van der Waals surface area contributed by atoms with Crippen LogP contribution in [-0.4, -0.2) is 5.71 Å². The summed E-state index contributed by atoms with van der Waals surface area (Å²) in [7, 11) is 0. The lowest BCUT2D eigenvalue weighted by Gasteiger charge is -2.16. The van der Waals surface area contributed by atoms with Gasteiger partial charge in [0.25, 0.3) is 0 Å². The van der Waals surface area contributed by atoms with Crippen LogP contribution in [0.1, 0.15) is 32.6 Å². The van der Waals surface area contributed by atoms with Gasteiger partial charge in [0.05, 0.1) is 0 Å². The molecule has 2 nitrogen and oxygen atoms in total. The maximum Gasteiger partial charge on any atom is 0.0362 e. The largest absolute Gasteiger partial charge is 0.402 e. The van der Waals surface area contributed by atoms with E-state index in [-0.39, 0.29) is 0 Å². The van der Waals surface area contributed by atoms with E-state index in [9.17, 15) is 0 Å². The van der Waals surface area contributed by atoms with Crippen LogP contribution >= 0.6 is 0 Å². The molecule has 0 aromatic carbocycles. The first-order valence-corrected chi connectivity index (χ1v) is 3.75. The van der Waals surface area contributed by atoms with Crippen molar-refractivity contribution in [2.24, 2.45) is 5.73 Å². The number of allylic oxidation sites excluding steroid dienone is 2. The number of nitrogens with one attached hydrogen (secondary N) is 1. The Morgan fingerprint density at radius 1 is 1.40 bits per heavy atom. The Morgan fingerprint density at radius 2 is 2.00 bits per heavy atom. The Balaban J connectivity index is 2.75. The lowest BCUT2D eigenvalue weighted by atomic mass is 9.92. The van der Waals surface area contributed by atoms with Gasteiger partial charge < -0.3 is 11.1 Å². The molecule has 1 rings (SSSR count). The quantitative estimate of drug-likeness (QED) is 0.527. The summed E-state index contributed by atoms with van der Waals surface area (Å²) in [6.07, 6.45) is 4.30. The van der Waals surface area contributed by atoms with Gasteiger partial charge in [-0.2, -0.15) is 0 Å². The van der Waals surface area contributed by atoms with E-state index in [4.69, 9.17) is 11.1 Å². The van der Waals surface area contributed by atoms with Crippen molar-refractivity contribution in [3.05, 3.63) is 11.3 Å². The van der Waals surface area contributed by atoms with Gasteiger partial charge in [0, 0.05) is 11.4 Å². The fourth-order valence-electron chi connectivity index (χ4n) is 1.34. The molecule has 1 fully saturated rings. The van der Waals surface area contributed by atoms with Gasteiger partial charge in [-0.1, -0.05) is 0 Å². The maximum atomic E-state index is 7.54. The van der Waals surface area contributed by atoms with Crippen LogP contribution in [0.3, 0.4) is 0 Å². The molecule has 0 aromatic rings. The molecule has 0 radical (unpaired) electrons. The van der Waals surface area contributed by atoms with E-state index < -0.39 is 0 Å². The standard InChI is InChI=1S/C8H14N2/c1-6(9)7-4-2-3-5-8(7)10/h10H,2-5,9H2,1H3. The van der Waals surface area contributed by atoms with E-state index in [0.717, 1.165) is 36.2 Å². The SMILES string of the molecule is CC(N)=C1CCCCC1=N. The van der Waals surface area contributed by atoms with Crippen molar-refractivity contribution in [3.8, 4) is 0 Å². The normalized spacial score (nSPS) is 24.7. The average molecular weight is 138 g/mol. The maximum absolute atomic E-state index is 7.54. The van der Waals surface area contributed by atoms with E-state index >= 15 is 0 Å². The first-order valence-electron chi connectivity index (χ1n) is 3.75. The zero-order chi connectivity index (χ0) is 7.56. The van der Waals surface area contributed by atoms with E-state index in [1.54, 1.807) is 0 Å². The molecule has 56 valence electrons. The minimum absolute atomic E-state index is 0.756. The summed E-state index contributed by atoms with van der Waals surface area (Å²) in [6, 6.07) is 0. The Kier molecular flexibility index (Phi) is 2.10. The Bertz CT molecular complexity index is 176. The summed E-state index contributed by atoms with van der Waals surface area (Å²) in [5.74, 6) is 0. The fraction of sp³-hybridized carbons (Fsp3) is 0.625. The number of rotatable bonds is 0. The second-order valence-electron chi connectivity index (χ2n) is 2.85. The minimum atomic E-state index is 0.756. The van der Waals surface area contributed by atoms with Crippen molar-refractivity contribution in [2.75, 3.05) is 0 Å². The van der Waals surface area contributed by atoms with E-state index in [1.165, 1.54) is 6.42 Å². The molecule has 3 N–H and O–H groups in total. The second kappa shape index (κ2) is 2.86. The van der Waals surface area contributed by atoms with Crippen LogP contribution < -0.4 is 5.73 Å². The van der Waals surface area contributed by atoms with Gasteiger partial charge in [-0.05, 0) is 38.2 Å². The fourth-order valence-corrected chi connectivity index (χ4v) is 1.34. The van der Waals surface area contributed by atoms with E-state index in [2.05, 4.69) is 0 Å². The predicted molar refractivity (Wildman–Crippen MR) is 43.1 cm³/mol. The number of hydrogen-bond acceptors (Lipinski definition) is 2. The molecule has 1 aliphatic carbocycles. The molecule has 1 saturated carbocycles. The monoisotopic (exact) mass is 138 g/mol. The predicted octanol–water partition coefficient (Wildman–Crippen LogP) is 1.81. The minimum Gasteiger partial charge on any atom is -0.402 e. The molecular formula is C8H14N2. The highest BCUT2D eigenvalue weighted by atomic mass is 14.6. The summed E-state index contributed by atoms with van der Waals surface area (Å²) in [6.45, 7) is 1.88. The highest BCUT2D eigenvalue weighted by molar-refractivity contribution is 5.98. The molecule has 1 aliphatic rings. The van der Waals surface area contributed by atoms with Gasteiger partial charge in [0.2, 0.25) is 0 Å². The molecule has 0 amide bonds. The van der Waals surface area contributed by atoms with Crippen LogP contribution in [-0.2, 0) is 0 Å². The summed E-state index contributed by atoms with van der Waals surface area (Å²) >= 11 is 0. The van der Waals surface area contributed by atoms with E-state index in [0.29, 0.717) is 0 Å². The average Bonchev–Trinajstić information content (AvgIpc) is 1.88. The molecule has 10 heavy (non-hydrogen) atoms. The Hall–Kier alpha value is -0.790. The van der Waals surface area contributed by atoms with Crippen LogP contribution in [0.2, 0.25) is 0 Å². The summed E-state index contributed by atoms with van der Waals surface area (Å²) in [4.78, 5) is 0. The lowest BCUT2D eigenvalue weighted by Crippen LogP contribution is -2.12. The first kappa shape index (κ1) is 7.32. The molecule has 0 aromatic heterocycles. The summed E-state index contributed by atoms with van der Waals surface area (Å²) < 4.78 is 0. The van der Waals surface area contributed by atoms with Crippen molar-refractivity contribution in [2.45, 2.75) is 32.6 Å².